The van der Waals surface area contributed by atoms with Crippen LogP contribution in [0.3, 0.4) is 0 Å². The molecule has 88 valence electrons. The van der Waals surface area contributed by atoms with Gasteiger partial charge in [0.05, 0.1) is 17.7 Å². The normalized spacial score (nSPS) is 11.2. The fraction of sp³-hybridized carbons (Fsp3) is 0.182. The van der Waals surface area contributed by atoms with E-state index in [1.165, 1.54) is 12.1 Å². The molecule has 6 nitrogen and oxygen atoms in total. The van der Waals surface area contributed by atoms with Crippen LogP contribution in [0.4, 0.5) is 5.69 Å². The van der Waals surface area contributed by atoms with E-state index in [2.05, 4.69) is 5.32 Å². The highest BCUT2D eigenvalue weighted by atomic mass is 16.4. The molecule has 0 saturated heterocycles. The summed E-state index contributed by atoms with van der Waals surface area (Å²) < 4.78 is 0. The highest BCUT2D eigenvalue weighted by Gasteiger charge is 2.21. The van der Waals surface area contributed by atoms with Gasteiger partial charge in [-0.1, -0.05) is 12.1 Å². The smallest absolute Gasteiger partial charge is 0.326 e. The van der Waals surface area contributed by atoms with Gasteiger partial charge in [0.1, 0.15) is 12.1 Å². The van der Waals surface area contributed by atoms with Crippen molar-refractivity contribution in [2.45, 2.75) is 12.5 Å². The number of hydrogen-bond acceptors (Lipinski definition) is 4. The van der Waals surface area contributed by atoms with E-state index in [0.717, 1.165) is 0 Å². The maximum absolute atomic E-state index is 10.8. The Hall–Kier alpha value is -2.55. The lowest BCUT2D eigenvalue weighted by atomic mass is 10.1. The number of nitriles is 1. The molecule has 0 aliphatic rings. The van der Waals surface area contributed by atoms with Gasteiger partial charge in [-0.05, 0) is 12.1 Å². The van der Waals surface area contributed by atoms with Crippen LogP contribution >= 0.6 is 0 Å². The van der Waals surface area contributed by atoms with Gasteiger partial charge in [-0.2, -0.15) is 5.26 Å². The summed E-state index contributed by atoms with van der Waals surface area (Å²) in [5.74, 6) is -2.50. The van der Waals surface area contributed by atoms with Gasteiger partial charge in [0.2, 0.25) is 0 Å². The Morgan fingerprint density at radius 3 is 2.53 bits per heavy atom. The number of carboxylic acid groups (broad SMARTS) is 2. The van der Waals surface area contributed by atoms with Crippen LogP contribution in [0.1, 0.15) is 12.0 Å². The molecule has 6 heteroatoms. The van der Waals surface area contributed by atoms with Gasteiger partial charge in [0.15, 0.2) is 0 Å². The van der Waals surface area contributed by atoms with E-state index in [4.69, 9.17) is 15.5 Å². The number of carbonyl (C=O) groups is 2. The number of aliphatic carboxylic acids is 2. The predicted molar refractivity (Wildman–Crippen MR) is 58.5 cm³/mol. The first-order valence-corrected chi connectivity index (χ1v) is 4.75. The molecule has 0 spiro atoms. The minimum absolute atomic E-state index is 0.268. The van der Waals surface area contributed by atoms with Crippen molar-refractivity contribution in [1.82, 2.24) is 0 Å². The third-order valence-corrected chi connectivity index (χ3v) is 2.05. The molecule has 3 N–H and O–H groups in total. The van der Waals surface area contributed by atoms with Crippen LogP contribution in [0.25, 0.3) is 0 Å². The predicted octanol–water partition coefficient (Wildman–Crippen LogP) is 0.898. The number of benzene rings is 1. The van der Waals surface area contributed by atoms with Crippen LogP contribution in [0.2, 0.25) is 0 Å². The molecule has 0 radical (unpaired) electrons. The Bertz CT molecular complexity index is 479. The van der Waals surface area contributed by atoms with E-state index < -0.39 is 24.4 Å². The molecule has 0 saturated carbocycles. The van der Waals surface area contributed by atoms with Gasteiger partial charge in [-0.15, -0.1) is 0 Å². The van der Waals surface area contributed by atoms with Crippen molar-refractivity contribution in [3.8, 4) is 6.07 Å². The summed E-state index contributed by atoms with van der Waals surface area (Å²) in [5, 5.41) is 28.7. The maximum atomic E-state index is 10.8. The zero-order valence-corrected chi connectivity index (χ0v) is 8.75. The molecule has 0 aromatic heterocycles. The van der Waals surface area contributed by atoms with Gasteiger partial charge in [0, 0.05) is 0 Å². The van der Waals surface area contributed by atoms with Crippen molar-refractivity contribution in [3.05, 3.63) is 29.8 Å². The van der Waals surface area contributed by atoms with Gasteiger partial charge < -0.3 is 15.5 Å². The van der Waals surface area contributed by atoms with Crippen LogP contribution in [0, 0.1) is 11.3 Å². The minimum Gasteiger partial charge on any atom is -0.481 e. The van der Waals surface area contributed by atoms with Crippen LogP contribution in [0.15, 0.2) is 24.3 Å². The highest BCUT2D eigenvalue weighted by molar-refractivity contribution is 5.83. The van der Waals surface area contributed by atoms with Gasteiger partial charge in [0.25, 0.3) is 0 Å². The first-order valence-electron chi connectivity index (χ1n) is 4.75. The van der Waals surface area contributed by atoms with Crippen LogP contribution < -0.4 is 5.32 Å². The van der Waals surface area contributed by atoms with E-state index in [0.29, 0.717) is 5.69 Å². The standard InChI is InChI=1S/C11H10N2O4/c12-6-7-3-1-2-4-8(7)13-9(11(16)17)5-10(14)15/h1-4,9,13H,5H2,(H,14,15)(H,16,17)/t9-/m0/s1. The SMILES string of the molecule is N#Cc1ccccc1N[C@@H](CC(=O)O)C(=O)O. The summed E-state index contributed by atoms with van der Waals surface area (Å²) in [4.78, 5) is 21.3. The van der Waals surface area contributed by atoms with Crippen molar-refractivity contribution < 1.29 is 19.8 Å². The van der Waals surface area contributed by atoms with E-state index in [9.17, 15) is 9.59 Å². The summed E-state index contributed by atoms with van der Waals surface area (Å²) in [6.45, 7) is 0. The Kier molecular flexibility index (Phi) is 4.06. The summed E-state index contributed by atoms with van der Waals surface area (Å²) >= 11 is 0. The number of hydrogen-bond donors (Lipinski definition) is 3. The molecule has 1 rings (SSSR count). The van der Waals surface area contributed by atoms with Crippen molar-refractivity contribution in [1.29, 1.82) is 5.26 Å². The Morgan fingerprint density at radius 2 is 2.00 bits per heavy atom. The number of anilines is 1. The Labute approximate surface area is 97.1 Å². The van der Waals surface area contributed by atoms with Gasteiger partial charge in [-0.3, -0.25) is 4.79 Å². The molecule has 17 heavy (non-hydrogen) atoms. The number of rotatable bonds is 5. The van der Waals surface area contributed by atoms with E-state index in [-0.39, 0.29) is 5.56 Å². The molecule has 0 amide bonds. The molecular weight excluding hydrogens is 224 g/mol. The first kappa shape index (κ1) is 12.5. The lowest BCUT2D eigenvalue weighted by Gasteiger charge is -2.14. The third kappa shape index (κ3) is 3.50. The Morgan fingerprint density at radius 1 is 1.35 bits per heavy atom. The molecule has 1 aromatic rings. The molecule has 1 aromatic carbocycles. The van der Waals surface area contributed by atoms with Crippen LogP contribution in [-0.2, 0) is 9.59 Å². The monoisotopic (exact) mass is 234 g/mol. The van der Waals surface area contributed by atoms with Gasteiger partial charge >= 0.3 is 11.9 Å². The number of para-hydroxylation sites is 1. The Balaban J connectivity index is 2.90. The largest absolute Gasteiger partial charge is 0.481 e. The average molecular weight is 234 g/mol. The van der Waals surface area contributed by atoms with Crippen molar-refractivity contribution >= 4 is 17.6 Å². The maximum Gasteiger partial charge on any atom is 0.326 e. The number of nitrogens with zero attached hydrogens (tertiary/aromatic N) is 1. The summed E-state index contributed by atoms with van der Waals surface area (Å²) in [6.07, 6.45) is -0.560. The van der Waals surface area contributed by atoms with E-state index >= 15 is 0 Å². The third-order valence-electron chi connectivity index (χ3n) is 2.05. The summed E-state index contributed by atoms with van der Waals surface area (Å²) in [5.41, 5.74) is 0.577. The quantitative estimate of drug-likeness (QED) is 0.698. The molecule has 0 aliphatic carbocycles. The van der Waals surface area contributed by atoms with Crippen LogP contribution in [-0.4, -0.2) is 28.2 Å². The molecule has 0 bridgehead atoms. The lowest BCUT2D eigenvalue weighted by molar-refractivity contribution is -0.144. The second-order valence-electron chi connectivity index (χ2n) is 3.29. The van der Waals surface area contributed by atoms with Crippen molar-refractivity contribution in [2.75, 3.05) is 5.32 Å². The van der Waals surface area contributed by atoms with Gasteiger partial charge in [-0.25, -0.2) is 4.79 Å². The summed E-state index contributed by atoms with van der Waals surface area (Å²) in [6, 6.07) is 6.93. The molecule has 1 atom stereocenters. The second-order valence-corrected chi connectivity index (χ2v) is 3.29. The topological polar surface area (TPSA) is 110 Å². The molecule has 0 unspecified atom stereocenters. The summed E-state index contributed by atoms with van der Waals surface area (Å²) in [7, 11) is 0. The zero-order valence-electron chi connectivity index (χ0n) is 8.75. The molecule has 0 heterocycles. The highest BCUT2D eigenvalue weighted by Crippen LogP contribution is 2.15. The van der Waals surface area contributed by atoms with E-state index in [1.807, 2.05) is 6.07 Å². The van der Waals surface area contributed by atoms with E-state index in [1.54, 1.807) is 12.1 Å². The van der Waals surface area contributed by atoms with Crippen LogP contribution in [0.5, 0.6) is 0 Å². The lowest BCUT2D eigenvalue weighted by Crippen LogP contribution is -2.32. The average Bonchev–Trinajstić information content (AvgIpc) is 2.28. The number of nitrogens with one attached hydrogen (secondary N) is 1. The molecule has 0 aliphatic heterocycles. The minimum atomic E-state index is -1.28. The second kappa shape index (κ2) is 5.51. The number of carboxylic acids is 2. The molecule has 0 fully saturated rings. The van der Waals surface area contributed by atoms with Crippen molar-refractivity contribution in [2.24, 2.45) is 0 Å². The first-order chi connectivity index (χ1) is 8.04. The fourth-order valence-corrected chi connectivity index (χ4v) is 1.27. The molecular formula is C11H10N2O4. The van der Waals surface area contributed by atoms with Crippen molar-refractivity contribution in [3.63, 3.8) is 0 Å². The zero-order chi connectivity index (χ0) is 12.8. The fourth-order valence-electron chi connectivity index (χ4n) is 1.27.